The van der Waals surface area contributed by atoms with Crippen LogP contribution in [0.2, 0.25) is 0 Å². The average molecular weight is 958 g/mol. The summed E-state index contributed by atoms with van der Waals surface area (Å²) in [5, 5.41) is 5.62. The molecular formula is C48H68N3O13PS. The molecule has 0 saturated carbocycles. The number of carbonyl (C=O) groups is 2. The monoisotopic (exact) mass is 957 g/mol. The number of nitrogens with zero attached hydrogens (tertiary/aromatic N) is 2. The summed E-state index contributed by atoms with van der Waals surface area (Å²) in [5.41, 5.74) is 3.33. The number of benzene rings is 3. The number of hydrogen-bond acceptors (Lipinski definition) is 14. The fourth-order valence-electron chi connectivity index (χ4n) is 8.12. The van der Waals surface area contributed by atoms with Crippen molar-refractivity contribution in [3.63, 3.8) is 0 Å². The average Bonchev–Trinajstić information content (AvgIpc) is 3.62. The molecule has 2 N–H and O–H groups in total. The van der Waals surface area contributed by atoms with E-state index in [1.807, 2.05) is 54.6 Å². The normalized spacial score (nSPS) is 16.1. The van der Waals surface area contributed by atoms with Crippen LogP contribution in [0.3, 0.4) is 0 Å². The molecule has 3 aromatic carbocycles. The molecule has 18 heteroatoms. The van der Waals surface area contributed by atoms with Gasteiger partial charge in [-0.15, -0.1) is 0 Å². The zero-order valence-corrected chi connectivity index (χ0v) is 40.3. The van der Waals surface area contributed by atoms with Crippen LogP contribution >= 0.6 is 6.72 Å². The van der Waals surface area contributed by atoms with Crippen molar-refractivity contribution >= 4 is 51.9 Å². The van der Waals surface area contributed by atoms with Gasteiger partial charge < -0.3 is 61.7 Å². The maximum Gasteiger partial charge on any atom is 0.324 e. The molecule has 0 aliphatic carbocycles. The summed E-state index contributed by atoms with van der Waals surface area (Å²) in [4.78, 5) is 38.6. The van der Waals surface area contributed by atoms with Crippen molar-refractivity contribution in [1.29, 1.82) is 0 Å². The molecule has 66 heavy (non-hydrogen) atoms. The Morgan fingerprint density at radius 3 is 2.17 bits per heavy atom. The van der Waals surface area contributed by atoms with Gasteiger partial charge in [0.25, 0.3) is 0 Å². The topological polar surface area (TPSA) is 167 Å². The highest BCUT2D eigenvalue weighted by molar-refractivity contribution is 8.07. The molecule has 2 aliphatic rings. The molecule has 1 aromatic heterocycles. The Labute approximate surface area is 393 Å². The van der Waals surface area contributed by atoms with Gasteiger partial charge in [0.15, 0.2) is 5.78 Å². The Hall–Kier alpha value is -3.55. The predicted molar refractivity (Wildman–Crippen MR) is 256 cm³/mol. The maximum absolute atomic E-state index is 14.5. The second-order valence-corrected chi connectivity index (χ2v) is 18.9. The highest BCUT2D eigenvalue weighted by Crippen LogP contribution is 2.43. The molecule has 2 aliphatic heterocycles. The molecule has 16 nitrogen and oxygen atoms in total. The molecule has 0 spiro atoms. The van der Waals surface area contributed by atoms with Gasteiger partial charge in [-0.2, -0.15) is 0 Å². The number of amides is 1. The number of nitrogens with one attached hydrogen (secondary N) is 1. The van der Waals surface area contributed by atoms with Gasteiger partial charge in [0.2, 0.25) is 5.91 Å². The van der Waals surface area contributed by atoms with Gasteiger partial charge in [-0.05, 0) is 73.5 Å². The molecule has 1 fully saturated rings. The van der Waals surface area contributed by atoms with E-state index >= 15 is 0 Å². The maximum atomic E-state index is 14.5. The van der Waals surface area contributed by atoms with Crippen LogP contribution in [0.4, 0.5) is 0 Å². The molecule has 1 amide bonds. The van der Waals surface area contributed by atoms with Gasteiger partial charge in [-0.3, -0.25) is 14.5 Å². The largest absolute Gasteiger partial charge is 0.491 e. The van der Waals surface area contributed by atoms with Crippen molar-refractivity contribution < 1.29 is 61.4 Å². The number of aromatic nitrogens is 1. The summed E-state index contributed by atoms with van der Waals surface area (Å²) in [6, 6.07) is 17.8. The number of hydrogen-bond donors (Lipinski definition) is 2. The van der Waals surface area contributed by atoms with Crippen LogP contribution in [-0.2, 0) is 54.1 Å². The van der Waals surface area contributed by atoms with Gasteiger partial charge in [0, 0.05) is 49.2 Å². The zero-order chi connectivity index (χ0) is 46.4. The summed E-state index contributed by atoms with van der Waals surface area (Å²) in [6.45, 7) is 11.3. The van der Waals surface area contributed by atoms with Crippen LogP contribution < -0.4 is 14.8 Å². The van der Waals surface area contributed by atoms with Crippen LogP contribution in [-0.4, -0.2) is 158 Å². The number of unbranched alkanes of at least 4 members (excludes halogenated alkanes) is 3. The quantitative estimate of drug-likeness (QED) is 0.0306. The number of para-hydroxylation sites is 1. The molecule has 4 aromatic rings. The van der Waals surface area contributed by atoms with Crippen molar-refractivity contribution in [3.05, 3.63) is 71.4 Å². The van der Waals surface area contributed by atoms with E-state index in [1.165, 1.54) is 0 Å². The molecule has 364 valence electrons. The van der Waals surface area contributed by atoms with Gasteiger partial charge in [-0.25, -0.2) is 0 Å². The summed E-state index contributed by atoms with van der Waals surface area (Å²) in [6.07, 6.45) is 3.81. The van der Waals surface area contributed by atoms with E-state index in [-0.39, 0.29) is 17.7 Å². The molecule has 2 atom stereocenters. The van der Waals surface area contributed by atoms with E-state index in [9.17, 15) is 14.5 Å². The molecule has 0 bridgehead atoms. The highest BCUT2D eigenvalue weighted by Gasteiger charge is 2.32. The number of rotatable bonds is 33. The fourth-order valence-corrected chi connectivity index (χ4v) is 9.42. The fraction of sp³-hybridized carbons (Fsp3) is 0.583. The van der Waals surface area contributed by atoms with E-state index in [4.69, 9.17) is 58.7 Å². The minimum absolute atomic E-state index is 0.00164. The first-order chi connectivity index (χ1) is 32.3. The highest BCUT2D eigenvalue weighted by atomic mass is 32.5. The lowest BCUT2D eigenvalue weighted by Crippen LogP contribution is -2.42. The summed E-state index contributed by atoms with van der Waals surface area (Å²) < 4.78 is 58.3. The van der Waals surface area contributed by atoms with Crippen LogP contribution in [0.1, 0.15) is 66.7 Å². The molecule has 6 rings (SSSR count). The molecular weight excluding hydrogens is 890 g/mol. The third-order valence-electron chi connectivity index (χ3n) is 11.3. The molecule has 1 unspecified atom stereocenters. The van der Waals surface area contributed by atoms with E-state index < -0.39 is 6.72 Å². The third kappa shape index (κ3) is 16.0. The first-order valence-electron chi connectivity index (χ1n) is 23.3. The van der Waals surface area contributed by atoms with Crippen molar-refractivity contribution in [3.8, 4) is 11.5 Å². The Bertz CT molecular complexity index is 2170. The standard InChI is InChI=1S/C48H68N3O13PS/c1-3-63-65(54,66)64-20-7-5-4-6-17-49-45(52)16-21-55-24-25-57-26-27-58-28-29-59-30-31-60-32-33-61-40-14-15-41-38(34-40)10-8-11-42(41)48(53)46-37(2)51-39(35-50-18-22-56-23-19-50)36-62-44-13-9-12-43(46)47(44)51/h8-15,34,39H,3-7,16-33,35-36H2,1-2H3,(H,49,52)(H,54,66)/t39-,65?/m1/s1. The second kappa shape index (κ2) is 28.1. The number of ether oxygens (including phenoxy) is 8. The van der Waals surface area contributed by atoms with Crippen molar-refractivity contribution in [2.24, 2.45) is 0 Å². The van der Waals surface area contributed by atoms with E-state index in [2.05, 4.69) is 21.7 Å². The van der Waals surface area contributed by atoms with Gasteiger partial charge in [-0.1, -0.05) is 43.2 Å². The van der Waals surface area contributed by atoms with Crippen LogP contribution in [0.25, 0.3) is 21.7 Å². The van der Waals surface area contributed by atoms with Crippen molar-refractivity contribution in [2.75, 3.05) is 132 Å². The Kier molecular flexibility index (Phi) is 22.0. The lowest BCUT2D eigenvalue weighted by Gasteiger charge is -2.34. The minimum Gasteiger partial charge on any atom is -0.491 e. The van der Waals surface area contributed by atoms with Crippen molar-refractivity contribution in [2.45, 2.75) is 52.0 Å². The Morgan fingerprint density at radius 2 is 1.45 bits per heavy atom. The number of morpholine rings is 1. The van der Waals surface area contributed by atoms with E-state index in [0.29, 0.717) is 117 Å². The zero-order valence-electron chi connectivity index (χ0n) is 38.5. The smallest absolute Gasteiger partial charge is 0.324 e. The third-order valence-corrected chi connectivity index (χ3v) is 13.0. The molecule has 0 radical (unpaired) electrons. The van der Waals surface area contributed by atoms with Crippen molar-refractivity contribution in [1.82, 2.24) is 14.8 Å². The first kappa shape index (κ1) is 51.8. The van der Waals surface area contributed by atoms with Gasteiger partial charge in [0.1, 0.15) is 24.7 Å². The molecule has 1 saturated heterocycles. The van der Waals surface area contributed by atoms with E-state index in [1.54, 1.807) is 6.92 Å². The number of fused-ring (bicyclic) bond motifs is 1. The van der Waals surface area contributed by atoms with Crippen LogP contribution in [0.5, 0.6) is 11.5 Å². The number of ketones is 1. The van der Waals surface area contributed by atoms with Gasteiger partial charge in [0.05, 0.1) is 110 Å². The lowest BCUT2D eigenvalue weighted by molar-refractivity contribution is -0.122. The summed E-state index contributed by atoms with van der Waals surface area (Å²) >= 11 is 4.88. The number of carbonyl (C=O) groups excluding carboxylic acids is 2. The summed E-state index contributed by atoms with van der Waals surface area (Å²) in [7, 11) is 0. The SMILES string of the molecule is CCOP(O)(=S)OCCCCCCNC(=O)CCOCCOCCOCCOCCOCCOc1ccc2c(C(=O)c3c(C)n4c5c(cccc35)OC[C@H]4CN3CCOCC3)cccc2c1. The summed E-state index contributed by atoms with van der Waals surface area (Å²) in [5.74, 6) is 1.48. The minimum atomic E-state index is -3.09. The van der Waals surface area contributed by atoms with Crippen LogP contribution in [0, 0.1) is 6.92 Å². The van der Waals surface area contributed by atoms with Crippen LogP contribution in [0.15, 0.2) is 54.6 Å². The van der Waals surface area contributed by atoms with E-state index in [0.717, 1.165) is 97.2 Å². The second-order valence-electron chi connectivity index (χ2n) is 16.0. The molecule has 3 heterocycles. The Balaban J connectivity index is 0.773. The Morgan fingerprint density at radius 1 is 0.788 bits per heavy atom. The first-order valence-corrected chi connectivity index (χ1v) is 25.9. The van der Waals surface area contributed by atoms with Gasteiger partial charge >= 0.3 is 6.72 Å². The predicted octanol–water partition coefficient (Wildman–Crippen LogP) is 6.40. The lowest BCUT2D eigenvalue weighted by atomic mass is 9.95.